The van der Waals surface area contributed by atoms with E-state index in [0.29, 0.717) is 25.4 Å². The monoisotopic (exact) mass is 1770 g/mol. The molecule has 0 radical (unpaired) electrons. The summed E-state index contributed by atoms with van der Waals surface area (Å²) in [5.41, 5.74) is 32.6. The molecule has 1 unspecified atom stereocenters. The topological polar surface area (TPSA) is 401 Å². The Morgan fingerprint density at radius 1 is 0.423 bits per heavy atom. The summed E-state index contributed by atoms with van der Waals surface area (Å²) < 4.78 is 125. The number of aliphatic carboxylic acids is 3. The molecule has 35 heteroatoms. The summed E-state index contributed by atoms with van der Waals surface area (Å²) in [5.74, 6) is -4.65. The fourth-order valence-electron chi connectivity index (χ4n) is 11.2. The fourth-order valence-corrected chi connectivity index (χ4v) is 15.8. The Balaban J connectivity index is 0.000000159. The van der Waals surface area contributed by atoms with Gasteiger partial charge in [-0.2, -0.15) is 44.8 Å². The average Bonchev–Trinajstić information content (AvgIpc) is 1.67. The molecule has 6 aromatic heterocycles. The Hall–Kier alpha value is -14.4. The number of fused-ring (bicyclic) bond motifs is 5. The number of amidine groups is 4. The minimum Gasteiger partial charge on any atom is -0.489 e. The number of carbonyl (C=O) groups is 3. The van der Waals surface area contributed by atoms with Gasteiger partial charge in [-0.25, -0.2) is 19.4 Å². The zero-order valence-corrected chi connectivity index (χ0v) is 67.6. The number of nitriles is 1. The zero-order valence-electron chi connectivity index (χ0n) is 63.5. The van der Waals surface area contributed by atoms with Gasteiger partial charge in [-0.1, -0.05) is 140 Å². The van der Waals surface area contributed by atoms with Gasteiger partial charge in [0.1, 0.15) is 71.2 Å². The van der Waals surface area contributed by atoms with Crippen molar-refractivity contribution >= 4 is 148 Å². The maximum absolute atomic E-state index is 10.6. The highest BCUT2D eigenvalue weighted by molar-refractivity contribution is 7.22. The SMILES string of the molecule is N#Cc1ccc(COc2ccc3cc(C(=N)N)sc3c2)cc1.N=C(N)c1cc2c(-c3ccccc3OCc3ccccc3)cccc2s1.N=C(N)c1cc2cc(-c3ccccc3OCc3nc4ccccc4s3)ccc2s1.N=C(N)c1cc2ccc(OC(c3ccccc3)c3cc[nH]c3)cc2s1.O=C(O)C(F)(F)F.O=C(O)C(F)(F)F.O=C(O)C(F)(F)F. The predicted octanol–water partition coefficient (Wildman–Crippen LogP) is 21.7. The number of nitrogen functional groups attached to an aromatic ring is 4. The number of thiazole rings is 1. The van der Waals surface area contributed by atoms with Crippen molar-refractivity contribution in [1.29, 1.82) is 26.9 Å². The smallest absolute Gasteiger partial charge is 0.489 e. The predicted molar refractivity (Wildman–Crippen MR) is 463 cm³/mol. The molecule has 0 fully saturated rings. The van der Waals surface area contributed by atoms with Crippen LogP contribution in [0.5, 0.6) is 23.0 Å². The van der Waals surface area contributed by atoms with E-state index in [-0.39, 0.29) is 29.4 Å². The lowest BCUT2D eigenvalue weighted by Crippen LogP contribution is -2.21. The summed E-state index contributed by atoms with van der Waals surface area (Å²) >= 11 is 7.72. The molecule has 16 N–H and O–H groups in total. The molecule has 16 rings (SSSR count). The second-order valence-electron chi connectivity index (χ2n) is 25.7. The summed E-state index contributed by atoms with van der Waals surface area (Å²) in [7, 11) is 0. The third-order valence-electron chi connectivity index (χ3n) is 16.9. The van der Waals surface area contributed by atoms with Crippen molar-refractivity contribution in [1.82, 2.24) is 9.97 Å². The molecule has 6 heterocycles. The van der Waals surface area contributed by atoms with Crippen molar-refractivity contribution < 1.29 is 88.2 Å². The van der Waals surface area contributed by atoms with Crippen LogP contribution in [0.25, 0.3) is 72.8 Å². The molecule has 0 aliphatic heterocycles. The highest BCUT2D eigenvalue weighted by Gasteiger charge is 2.40. The van der Waals surface area contributed by atoms with Crippen LogP contribution in [0, 0.1) is 33.0 Å². The first kappa shape index (κ1) is 90.9. The number of aromatic amines is 1. The minimum atomic E-state index is -5.08. The van der Waals surface area contributed by atoms with E-state index in [2.05, 4.69) is 88.8 Å². The molecule has 628 valence electrons. The normalized spacial score (nSPS) is 11.2. The van der Waals surface area contributed by atoms with Crippen LogP contribution in [0.3, 0.4) is 0 Å². The maximum Gasteiger partial charge on any atom is 0.490 e. The van der Waals surface area contributed by atoms with E-state index >= 15 is 0 Å². The van der Waals surface area contributed by atoms with Gasteiger partial charge >= 0.3 is 36.4 Å². The molecule has 16 aromatic rings. The number of hydrogen-bond acceptors (Lipinski definition) is 18. The van der Waals surface area contributed by atoms with Crippen LogP contribution in [0.2, 0.25) is 0 Å². The molecule has 10 aromatic carbocycles. The van der Waals surface area contributed by atoms with Gasteiger partial charge in [0.15, 0.2) is 6.10 Å². The van der Waals surface area contributed by atoms with Crippen LogP contribution in [-0.4, -0.2) is 85.1 Å². The lowest BCUT2D eigenvalue weighted by molar-refractivity contribution is -0.193. The molecule has 0 spiro atoms. The van der Waals surface area contributed by atoms with E-state index in [4.69, 9.17) is 98.5 Å². The largest absolute Gasteiger partial charge is 0.490 e. The van der Waals surface area contributed by atoms with Gasteiger partial charge < -0.3 is 62.2 Å². The second-order valence-corrected chi connectivity index (χ2v) is 31.1. The third kappa shape index (κ3) is 25.8. The van der Waals surface area contributed by atoms with Crippen molar-refractivity contribution in [3.8, 4) is 51.3 Å². The first-order chi connectivity index (χ1) is 58.6. The number of nitrogens with two attached hydrogens (primary N) is 4. The Bertz CT molecular complexity index is 6360. The lowest BCUT2D eigenvalue weighted by Gasteiger charge is -2.19. The summed E-state index contributed by atoms with van der Waals surface area (Å²) in [6.45, 7) is 1.41. The number of nitrogens with zero attached hydrogens (tertiary/aromatic N) is 2. The van der Waals surface area contributed by atoms with Crippen LogP contribution in [-0.2, 0) is 34.2 Å². The lowest BCUT2D eigenvalue weighted by atomic mass is 10.0. The number of para-hydroxylation sites is 3. The molecular weight excluding hydrogens is 1700 g/mol. The van der Waals surface area contributed by atoms with Gasteiger partial charge in [0, 0.05) is 53.3 Å². The Labute approximate surface area is 713 Å². The van der Waals surface area contributed by atoms with E-state index in [1.165, 1.54) is 50.0 Å². The Morgan fingerprint density at radius 2 is 0.878 bits per heavy atom. The first-order valence-electron chi connectivity index (χ1n) is 35.8. The highest BCUT2D eigenvalue weighted by Crippen LogP contribution is 2.41. The summed E-state index contributed by atoms with van der Waals surface area (Å²) in [5, 5.41) is 65.9. The molecule has 123 heavy (non-hydrogen) atoms. The fraction of sp³-hybridized carbons (Fsp3) is 0.0795. The number of hydrogen-bond donors (Lipinski definition) is 12. The first-order valence-corrected chi connectivity index (χ1v) is 39.9. The molecule has 0 saturated heterocycles. The Kier molecular flexibility index (Phi) is 30.7. The van der Waals surface area contributed by atoms with Gasteiger partial charge in [-0.3, -0.25) is 21.6 Å². The number of carboxylic acid groups (broad SMARTS) is 3. The number of rotatable bonds is 19. The van der Waals surface area contributed by atoms with E-state index in [0.717, 1.165) is 138 Å². The molecule has 0 aliphatic carbocycles. The second kappa shape index (κ2) is 41.5. The molecular formula is C88H68F9N11O10S5. The van der Waals surface area contributed by atoms with Crippen molar-refractivity contribution in [2.75, 3.05) is 0 Å². The number of aromatic nitrogens is 2. The van der Waals surface area contributed by atoms with Crippen LogP contribution in [0.15, 0.2) is 273 Å². The number of alkyl halides is 9. The number of nitrogens with one attached hydrogen (secondary N) is 5. The number of halogens is 9. The van der Waals surface area contributed by atoms with E-state index < -0.39 is 36.4 Å². The van der Waals surface area contributed by atoms with E-state index in [1.807, 2.05) is 188 Å². The van der Waals surface area contributed by atoms with E-state index in [9.17, 15) is 39.5 Å². The van der Waals surface area contributed by atoms with Crippen molar-refractivity contribution in [2.45, 2.75) is 44.5 Å². The summed E-state index contributed by atoms with van der Waals surface area (Å²) in [4.78, 5) is 37.6. The van der Waals surface area contributed by atoms with Crippen LogP contribution in [0.4, 0.5) is 39.5 Å². The van der Waals surface area contributed by atoms with Crippen LogP contribution >= 0.6 is 56.7 Å². The molecule has 0 saturated carbocycles. The number of ether oxygens (including phenoxy) is 4. The quantitative estimate of drug-likeness (QED) is 0.0203. The highest BCUT2D eigenvalue weighted by atomic mass is 32.1. The summed E-state index contributed by atoms with van der Waals surface area (Å²) in [6, 6.07) is 88.0. The van der Waals surface area contributed by atoms with Gasteiger partial charge in [0.2, 0.25) is 0 Å². The number of benzene rings is 10. The average molecular weight is 1770 g/mol. The molecule has 0 bridgehead atoms. The third-order valence-corrected chi connectivity index (χ3v) is 22.5. The standard InChI is InChI=1S/C23H17N3OS2.C22H18N2OS.C20H17N3OS.C17H13N3OS.3C2HF3O2/c24-23(25)21-12-15-11-14(9-10-19(15)28-21)16-5-1-3-7-18(16)27-13-22-26-17-6-2-4-8-20(17)29-22;23-22(24)21-13-18-16(10-6-12-20(18)26-21)17-9-4-5-11-19(17)25-14-15-7-2-1-3-8-15;21-20(22)18-10-14-6-7-16(11-17(14)25-18)24-19(15-8-9-23-12-15)13-4-2-1-3-5-13;18-9-11-1-3-12(4-2-11)10-21-14-6-5-13-7-16(17(19)20)22-15(13)8-14;3*3-2(4,5)1(6)7/h1-12H,13H2,(H3,24,25);1-13H,14H2,(H3,23,24);1-12,19,23H,(H3,21,22);1-8H,10H2,(H3,19,20);3*(H,6,7). The van der Waals surface area contributed by atoms with Crippen LogP contribution < -0.4 is 41.9 Å². The Morgan fingerprint density at radius 3 is 1.43 bits per heavy atom. The number of thiophene rings is 4. The molecule has 1 atom stereocenters. The van der Waals surface area contributed by atoms with E-state index in [1.54, 1.807) is 23.5 Å². The van der Waals surface area contributed by atoms with Crippen molar-refractivity contribution in [3.05, 3.63) is 326 Å². The van der Waals surface area contributed by atoms with Crippen molar-refractivity contribution in [3.63, 3.8) is 0 Å². The zero-order chi connectivity index (χ0) is 88.7. The van der Waals surface area contributed by atoms with Crippen molar-refractivity contribution in [2.24, 2.45) is 22.9 Å². The molecule has 21 nitrogen and oxygen atoms in total. The molecule has 0 amide bonds. The van der Waals surface area contributed by atoms with Crippen LogP contribution in [0.1, 0.15) is 58.4 Å². The van der Waals surface area contributed by atoms with Gasteiger partial charge in [-0.05, 0) is 165 Å². The van der Waals surface area contributed by atoms with Gasteiger partial charge in [0.05, 0.1) is 41.4 Å². The summed E-state index contributed by atoms with van der Waals surface area (Å²) in [6.07, 6.45) is -11.6. The van der Waals surface area contributed by atoms with Gasteiger partial charge in [-0.15, -0.1) is 56.7 Å². The molecule has 0 aliphatic rings. The number of carboxylic acids is 3. The maximum atomic E-state index is 10.6. The van der Waals surface area contributed by atoms with Gasteiger partial charge in [0.25, 0.3) is 0 Å². The number of H-pyrrole nitrogens is 1. The minimum absolute atomic E-state index is 0.0845.